The third-order valence-corrected chi connectivity index (χ3v) is 6.45. The topological polar surface area (TPSA) is 113 Å². The first-order valence-corrected chi connectivity index (χ1v) is 12.3. The number of morpholine rings is 1. The first kappa shape index (κ1) is 24.7. The molecule has 0 bridgehead atoms. The number of phenols is 1. The molecule has 9 nitrogen and oxygen atoms in total. The predicted octanol–water partition coefficient (Wildman–Crippen LogP) is 3.85. The van der Waals surface area contributed by atoms with Crippen molar-refractivity contribution in [2.45, 2.75) is 19.4 Å². The van der Waals surface area contributed by atoms with E-state index in [0.29, 0.717) is 33.9 Å². The summed E-state index contributed by atoms with van der Waals surface area (Å²) >= 11 is 0. The molecule has 1 fully saturated rings. The van der Waals surface area contributed by atoms with E-state index in [4.69, 9.17) is 9.47 Å². The van der Waals surface area contributed by atoms with E-state index >= 15 is 0 Å². The van der Waals surface area contributed by atoms with E-state index in [0.717, 1.165) is 44.0 Å². The molecule has 0 atom stereocenters. The lowest BCUT2D eigenvalue weighted by Gasteiger charge is -2.35. The van der Waals surface area contributed by atoms with E-state index in [9.17, 15) is 9.90 Å². The fourth-order valence-corrected chi connectivity index (χ4v) is 4.68. The van der Waals surface area contributed by atoms with Crippen molar-refractivity contribution in [1.29, 1.82) is 0 Å². The molecule has 192 valence electrons. The number of carbonyl (C=O) groups is 1. The highest BCUT2D eigenvalue weighted by molar-refractivity contribution is 5.98. The number of phenolic OH excluding ortho intramolecular Hbond substituents is 1. The maximum absolute atomic E-state index is 13.1. The number of benzene rings is 2. The number of aromatic nitrogens is 3. The maximum atomic E-state index is 13.1. The van der Waals surface area contributed by atoms with E-state index in [1.165, 1.54) is 0 Å². The molecule has 1 aliphatic rings. The van der Waals surface area contributed by atoms with Gasteiger partial charge in [-0.2, -0.15) is 0 Å². The molecule has 3 N–H and O–H groups in total. The van der Waals surface area contributed by atoms with Crippen molar-refractivity contribution >= 4 is 16.9 Å². The Morgan fingerprint density at radius 1 is 1.16 bits per heavy atom. The van der Waals surface area contributed by atoms with Gasteiger partial charge in [0.2, 0.25) is 5.88 Å². The Kier molecular flexibility index (Phi) is 6.82. The van der Waals surface area contributed by atoms with E-state index in [1.54, 1.807) is 31.5 Å². The number of carbonyl (C=O) groups excluding carboxylic acids is 1. The zero-order chi connectivity index (χ0) is 26.0. The van der Waals surface area contributed by atoms with E-state index in [-0.39, 0.29) is 11.7 Å². The molecule has 0 spiro atoms. The Morgan fingerprint density at radius 2 is 1.97 bits per heavy atom. The van der Waals surface area contributed by atoms with Gasteiger partial charge in [0.15, 0.2) is 0 Å². The Hall–Kier alpha value is -3.95. The monoisotopic (exact) mass is 501 g/mol. The average Bonchev–Trinajstić information content (AvgIpc) is 3.32. The van der Waals surface area contributed by atoms with Crippen molar-refractivity contribution < 1.29 is 19.4 Å². The molecule has 0 saturated carbocycles. The van der Waals surface area contributed by atoms with Gasteiger partial charge in [0.1, 0.15) is 11.6 Å². The number of rotatable bonds is 7. The number of nitrogens with zero attached hydrogens (tertiary/aromatic N) is 3. The summed E-state index contributed by atoms with van der Waals surface area (Å²) in [4.78, 5) is 27.6. The Labute approximate surface area is 215 Å². The van der Waals surface area contributed by atoms with Gasteiger partial charge in [0, 0.05) is 42.5 Å². The van der Waals surface area contributed by atoms with E-state index in [1.807, 2.05) is 44.2 Å². The molecular formula is C28H31N5O4. The molecule has 37 heavy (non-hydrogen) atoms. The number of hydrogen-bond acceptors (Lipinski definition) is 7. The van der Waals surface area contributed by atoms with Gasteiger partial charge in [-0.05, 0) is 61.9 Å². The van der Waals surface area contributed by atoms with Crippen molar-refractivity contribution in [3.05, 3.63) is 60.3 Å². The Morgan fingerprint density at radius 3 is 2.76 bits per heavy atom. The number of imidazole rings is 1. The number of hydrogen-bond donors (Lipinski definition) is 3. The minimum Gasteiger partial charge on any atom is -0.507 e. The lowest BCUT2D eigenvalue weighted by atomic mass is 10.0. The molecule has 1 aliphatic heterocycles. The van der Waals surface area contributed by atoms with Gasteiger partial charge in [0.05, 0.1) is 36.9 Å². The quantitative estimate of drug-likeness (QED) is 0.353. The minimum atomic E-state index is -0.401. The van der Waals surface area contributed by atoms with Crippen LogP contribution in [-0.2, 0) is 4.74 Å². The second-order valence-electron chi connectivity index (χ2n) is 9.84. The molecule has 1 amide bonds. The molecule has 9 heteroatoms. The molecule has 3 heterocycles. The molecule has 0 unspecified atom stereocenters. The van der Waals surface area contributed by atoms with Crippen molar-refractivity contribution in [3.63, 3.8) is 0 Å². The number of methoxy groups -OCH3 is 1. The predicted molar refractivity (Wildman–Crippen MR) is 142 cm³/mol. The van der Waals surface area contributed by atoms with Gasteiger partial charge < -0.3 is 24.9 Å². The largest absolute Gasteiger partial charge is 0.507 e. The fourth-order valence-electron chi connectivity index (χ4n) is 4.68. The number of nitrogens with one attached hydrogen (secondary N) is 2. The third-order valence-electron chi connectivity index (χ3n) is 6.45. The number of ether oxygens (including phenoxy) is 2. The normalized spacial score (nSPS) is 14.6. The molecule has 4 aromatic rings. The first-order chi connectivity index (χ1) is 17.8. The van der Waals surface area contributed by atoms with Crippen LogP contribution in [0.1, 0.15) is 24.2 Å². The zero-order valence-electron chi connectivity index (χ0n) is 21.2. The summed E-state index contributed by atoms with van der Waals surface area (Å²) in [6, 6.07) is 14.4. The highest BCUT2D eigenvalue weighted by Gasteiger charge is 2.26. The molecule has 5 rings (SSSR count). The lowest BCUT2D eigenvalue weighted by molar-refractivity contribution is 0.0269. The highest BCUT2D eigenvalue weighted by atomic mass is 16.5. The fraction of sp³-hybridized carbons (Fsp3) is 0.321. The molecule has 0 aliphatic carbocycles. The van der Waals surface area contributed by atoms with Crippen molar-refractivity contribution in [2.75, 3.05) is 40.0 Å². The molecular weight excluding hydrogens is 470 g/mol. The van der Waals surface area contributed by atoms with Crippen LogP contribution in [0.2, 0.25) is 0 Å². The Balaban J connectivity index is 1.39. The van der Waals surface area contributed by atoms with Gasteiger partial charge in [-0.1, -0.05) is 6.07 Å². The summed E-state index contributed by atoms with van der Waals surface area (Å²) in [6.45, 7) is 7.97. The first-order valence-electron chi connectivity index (χ1n) is 12.3. The van der Waals surface area contributed by atoms with Crippen LogP contribution >= 0.6 is 0 Å². The molecule has 1 saturated heterocycles. The zero-order valence-corrected chi connectivity index (χ0v) is 21.2. The SMILES string of the molecule is COc1ncccc1-c1ccc(O)c(-c2nc3ccc(C(=O)NC(C)(C)CN4CCOCC4)cc3[nH]2)c1. The van der Waals surface area contributed by atoms with Crippen LogP contribution in [0.4, 0.5) is 0 Å². The average molecular weight is 502 g/mol. The standard InChI is InChI=1S/C28H31N5O4/c1-28(2,17-33-11-13-37-14-12-33)32-26(35)19-6-8-22-23(16-19)31-25(30-22)21-15-18(7-9-24(21)34)20-5-4-10-29-27(20)36-3/h4-10,15-16,34H,11-14,17H2,1-3H3,(H,30,31)(H,32,35). The van der Waals surface area contributed by atoms with Crippen LogP contribution < -0.4 is 10.1 Å². The van der Waals surface area contributed by atoms with Gasteiger partial charge in [0.25, 0.3) is 5.91 Å². The van der Waals surface area contributed by atoms with E-state index < -0.39 is 5.54 Å². The second kappa shape index (κ2) is 10.2. The number of aromatic hydroxyl groups is 1. The van der Waals surface area contributed by atoms with Gasteiger partial charge in [-0.25, -0.2) is 9.97 Å². The lowest BCUT2D eigenvalue weighted by Crippen LogP contribution is -2.53. The maximum Gasteiger partial charge on any atom is 0.251 e. The number of amides is 1. The smallest absolute Gasteiger partial charge is 0.251 e. The van der Waals surface area contributed by atoms with Crippen molar-refractivity contribution in [2.24, 2.45) is 0 Å². The summed E-state index contributed by atoms with van der Waals surface area (Å²) < 4.78 is 10.8. The van der Waals surface area contributed by atoms with Crippen LogP contribution in [0, 0.1) is 0 Å². The van der Waals surface area contributed by atoms with Crippen LogP contribution in [-0.4, -0.2) is 76.4 Å². The van der Waals surface area contributed by atoms with E-state index in [2.05, 4.69) is 25.2 Å². The second-order valence-corrected chi connectivity index (χ2v) is 9.84. The molecule has 2 aromatic heterocycles. The number of H-pyrrole nitrogens is 1. The molecule has 0 radical (unpaired) electrons. The third kappa shape index (κ3) is 5.42. The van der Waals surface area contributed by atoms with Crippen LogP contribution in [0.5, 0.6) is 11.6 Å². The van der Waals surface area contributed by atoms with Gasteiger partial charge in [-0.15, -0.1) is 0 Å². The number of fused-ring (bicyclic) bond motifs is 1. The summed E-state index contributed by atoms with van der Waals surface area (Å²) in [7, 11) is 1.57. The number of pyridine rings is 1. The van der Waals surface area contributed by atoms with Crippen LogP contribution in [0.25, 0.3) is 33.5 Å². The van der Waals surface area contributed by atoms with Gasteiger partial charge >= 0.3 is 0 Å². The van der Waals surface area contributed by atoms with Crippen LogP contribution in [0.3, 0.4) is 0 Å². The highest BCUT2D eigenvalue weighted by Crippen LogP contribution is 2.35. The van der Waals surface area contributed by atoms with Crippen LogP contribution in [0.15, 0.2) is 54.7 Å². The number of aromatic amines is 1. The Bertz CT molecular complexity index is 1430. The summed E-state index contributed by atoms with van der Waals surface area (Å²) in [6.07, 6.45) is 1.67. The molecule has 2 aromatic carbocycles. The van der Waals surface area contributed by atoms with Crippen molar-refractivity contribution in [1.82, 2.24) is 25.2 Å². The summed E-state index contributed by atoms with van der Waals surface area (Å²) in [5, 5.41) is 13.8. The summed E-state index contributed by atoms with van der Waals surface area (Å²) in [5.41, 5.74) is 3.72. The minimum absolute atomic E-state index is 0.0912. The van der Waals surface area contributed by atoms with Gasteiger partial charge in [-0.3, -0.25) is 9.69 Å². The summed E-state index contributed by atoms with van der Waals surface area (Å²) in [5.74, 6) is 0.941. The van der Waals surface area contributed by atoms with Crippen molar-refractivity contribution in [3.8, 4) is 34.1 Å².